The minimum absolute atomic E-state index is 0.0574. The standard InChI is InChI=1S/C62H74Cl2F2N8O10S/c1-9-84-48-27-39(17-20-46(48)71-58(79)53-51(42-11-10-12-44(64)52(42)66)62(34-67,49(72-53)30-60(3,4)5)43-19-18-40(63)28-45(43)65)56(77)68-21-22-81-23-24-82-25-26-83-33-50(76)73-55(61(6,7)8)59(80)74-32-41(75)29-47(74)57(78)69-31-37-13-15-38(16-14-37)54-36(2)70-35-85-54/h10-20,27-28,35,41,47,49,51,53,55,72,75H,9,21-26,29-33H2,1-8H3,(H,68,77)(H,69,78)(H,71,79)(H,73,76)/t41-,47+,49?,51?,53?,55-,62?/m1/s1. The average molecular weight is 1230 g/mol. The summed E-state index contributed by atoms with van der Waals surface area (Å²) in [5, 5.41) is 36.3. The summed E-state index contributed by atoms with van der Waals surface area (Å²) in [5.74, 6) is -5.38. The normalized spacial score (nSPS) is 19.9. The Morgan fingerprint density at radius 2 is 1.62 bits per heavy atom. The SMILES string of the molecule is CCOc1cc(C(=O)NCCOCCOCCOCC(=O)N[C@H](C(=O)N2C[C@H](O)C[C@H]2C(=O)NCc2ccc(-c3scnc3C)cc2)C(C)(C)C)ccc1NC(=O)C1NC(CC(C)(C)C)C(C#N)(c2ccc(Cl)cc2F)C1c1cccc(Cl)c1F. The highest BCUT2D eigenvalue weighted by molar-refractivity contribution is 7.13. The van der Waals surface area contributed by atoms with E-state index >= 15 is 8.78 Å². The lowest BCUT2D eigenvalue weighted by atomic mass is 9.62. The number of nitrogens with zero attached hydrogens (tertiary/aromatic N) is 3. The predicted octanol–water partition coefficient (Wildman–Crippen LogP) is 8.65. The van der Waals surface area contributed by atoms with Crippen molar-refractivity contribution in [3.05, 3.63) is 134 Å². The molecule has 7 rings (SSSR count). The number of carbonyl (C=O) groups is 5. The van der Waals surface area contributed by atoms with Crippen LogP contribution in [0.2, 0.25) is 10.0 Å². The summed E-state index contributed by atoms with van der Waals surface area (Å²) in [5.41, 5.74) is 1.85. The van der Waals surface area contributed by atoms with Gasteiger partial charge in [0.2, 0.25) is 23.6 Å². The van der Waals surface area contributed by atoms with Crippen LogP contribution in [0.25, 0.3) is 10.4 Å². The molecule has 2 aliphatic heterocycles. The number of amides is 5. The molecule has 23 heteroatoms. The van der Waals surface area contributed by atoms with Gasteiger partial charge in [-0.05, 0) is 84.2 Å². The summed E-state index contributed by atoms with van der Waals surface area (Å²) >= 11 is 14.0. The minimum Gasteiger partial charge on any atom is -0.492 e. The Kier molecular flexibility index (Phi) is 22.6. The first kappa shape index (κ1) is 65.9. The molecule has 0 spiro atoms. The van der Waals surface area contributed by atoms with Crippen LogP contribution in [0.5, 0.6) is 5.75 Å². The number of anilines is 1. The lowest BCUT2D eigenvalue weighted by Crippen LogP contribution is -2.58. The van der Waals surface area contributed by atoms with Crippen LogP contribution < -0.4 is 31.3 Å². The number of aliphatic hydroxyl groups excluding tert-OH is 1. The molecular weight excluding hydrogens is 1160 g/mol. The van der Waals surface area contributed by atoms with Gasteiger partial charge in [-0.15, -0.1) is 11.3 Å². The number of rotatable bonds is 25. The molecule has 85 heavy (non-hydrogen) atoms. The van der Waals surface area contributed by atoms with Crippen molar-refractivity contribution >= 4 is 69.8 Å². The van der Waals surface area contributed by atoms with Gasteiger partial charge in [0.1, 0.15) is 41.5 Å². The zero-order chi connectivity index (χ0) is 61.8. The van der Waals surface area contributed by atoms with E-state index in [0.717, 1.165) is 27.8 Å². The highest BCUT2D eigenvalue weighted by atomic mass is 35.5. The Balaban J connectivity index is 0.848. The molecule has 0 aliphatic carbocycles. The fourth-order valence-electron chi connectivity index (χ4n) is 10.7. The van der Waals surface area contributed by atoms with Crippen LogP contribution in [-0.4, -0.2) is 134 Å². The number of likely N-dealkylation sites (tertiary alicyclic amines) is 1. The van der Waals surface area contributed by atoms with E-state index in [4.69, 9.17) is 42.1 Å². The van der Waals surface area contributed by atoms with Crippen molar-refractivity contribution in [3.63, 3.8) is 0 Å². The van der Waals surface area contributed by atoms with E-state index in [0.29, 0.717) is 0 Å². The minimum atomic E-state index is -1.84. The number of aliphatic hydroxyl groups is 1. The Hall–Kier alpha value is -6.61. The van der Waals surface area contributed by atoms with E-state index in [1.807, 2.05) is 52.0 Å². The van der Waals surface area contributed by atoms with Crippen molar-refractivity contribution < 1.29 is 56.8 Å². The molecule has 5 amide bonds. The maximum atomic E-state index is 16.2. The molecule has 0 radical (unpaired) electrons. The lowest BCUT2D eigenvalue weighted by molar-refractivity contribution is -0.144. The molecule has 18 nitrogen and oxygen atoms in total. The zero-order valence-electron chi connectivity index (χ0n) is 48.9. The molecule has 4 unspecified atom stereocenters. The maximum absolute atomic E-state index is 16.2. The third-order valence-electron chi connectivity index (χ3n) is 14.8. The number of hydrogen-bond acceptors (Lipinski definition) is 14. The number of aromatic nitrogens is 1. The van der Waals surface area contributed by atoms with Crippen LogP contribution in [0.3, 0.4) is 0 Å². The number of ether oxygens (including phenoxy) is 4. The quantitative estimate of drug-likeness (QED) is 0.0300. The van der Waals surface area contributed by atoms with Gasteiger partial charge in [-0.3, -0.25) is 24.0 Å². The smallest absolute Gasteiger partial charge is 0.251 e. The number of benzene rings is 4. The number of nitriles is 1. The molecule has 2 fully saturated rings. The number of halogens is 4. The number of nitrogens with one attached hydrogen (secondary N) is 5. The van der Waals surface area contributed by atoms with E-state index < -0.39 is 93.6 Å². The molecule has 0 bridgehead atoms. The highest BCUT2D eigenvalue weighted by Gasteiger charge is 2.61. The summed E-state index contributed by atoms with van der Waals surface area (Å²) in [6.07, 6.45) is -0.583. The van der Waals surface area contributed by atoms with Gasteiger partial charge in [0.05, 0.1) is 84.6 Å². The summed E-state index contributed by atoms with van der Waals surface area (Å²) in [7, 11) is 0. The second-order valence-corrected chi connectivity index (χ2v) is 25.0. The van der Waals surface area contributed by atoms with E-state index in [2.05, 4.69) is 37.6 Å². The van der Waals surface area contributed by atoms with Gasteiger partial charge in [-0.1, -0.05) is 107 Å². The Labute approximate surface area is 508 Å². The lowest BCUT2D eigenvalue weighted by Gasteiger charge is -2.37. The van der Waals surface area contributed by atoms with Crippen molar-refractivity contribution in [3.8, 4) is 22.3 Å². The average Bonchev–Trinajstić information content (AvgIpc) is 1.72. The van der Waals surface area contributed by atoms with E-state index in [9.17, 15) is 34.3 Å². The third-order valence-corrected chi connectivity index (χ3v) is 16.3. The van der Waals surface area contributed by atoms with Crippen molar-refractivity contribution in [1.29, 1.82) is 5.26 Å². The number of aryl methyl sites for hydroxylation is 1. The fraction of sp³-hybridized carbons (Fsp3) is 0.468. The zero-order valence-corrected chi connectivity index (χ0v) is 51.2. The molecule has 0 saturated carbocycles. The van der Waals surface area contributed by atoms with Crippen LogP contribution in [0.4, 0.5) is 14.5 Å². The van der Waals surface area contributed by atoms with Crippen LogP contribution in [0.15, 0.2) is 84.4 Å². The Morgan fingerprint density at radius 1 is 0.918 bits per heavy atom. The van der Waals surface area contributed by atoms with Crippen molar-refractivity contribution in [1.82, 2.24) is 31.2 Å². The molecule has 5 aromatic rings. The van der Waals surface area contributed by atoms with Gasteiger partial charge < -0.3 is 55.5 Å². The predicted molar refractivity (Wildman–Crippen MR) is 320 cm³/mol. The van der Waals surface area contributed by atoms with Crippen molar-refractivity contribution in [2.45, 2.75) is 116 Å². The number of thiazole rings is 1. The fourth-order valence-corrected chi connectivity index (χ4v) is 11.9. The maximum Gasteiger partial charge on any atom is 0.251 e. The number of carbonyl (C=O) groups excluding carboxylic acids is 5. The first-order chi connectivity index (χ1) is 40.4. The molecule has 6 N–H and O–H groups in total. The van der Waals surface area contributed by atoms with Crippen LogP contribution in [0.1, 0.15) is 100.0 Å². The second kappa shape index (κ2) is 29.2. The van der Waals surface area contributed by atoms with Gasteiger partial charge in [-0.2, -0.15) is 5.26 Å². The number of hydrogen-bond donors (Lipinski definition) is 6. The van der Waals surface area contributed by atoms with E-state index in [1.54, 1.807) is 44.5 Å². The Morgan fingerprint density at radius 3 is 2.27 bits per heavy atom. The summed E-state index contributed by atoms with van der Waals surface area (Å²) in [6.45, 7) is 15.7. The molecule has 7 atom stereocenters. The highest BCUT2D eigenvalue weighted by Crippen LogP contribution is 2.53. The van der Waals surface area contributed by atoms with Crippen LogP contribution >= 0.6 is 34.5 Å². The van der Waals surface area contributed by atoms with Crippen molar-refractivity contribution in [2.24, 2.45) is 10.8 Å². The first-order valence-electron chi connectivity index (χ1n) is 28.1. The second-order valence-electron chi connectivity index (χ2n) is 23.3. The topological polar surface area (TPSA) is 243 Å². The summed E-state index contributed by atoms with van der Waals surface area (Å²) in [6, 6.07) is 18.6. The monoisotopic (exact) mass is 1230 g/mol. The Bertz CT molecular complexity index is 3230. The molecule has 3 heterocycles. The molecular formula is C62H74Cl2F2N8O10S. The van der Waals surface area contributed by atoms with Gasteiger partial charge in [0, 0.05) is 54.2 Å². The largest absolute Gasteiger partial charge is 0.492 e. The molecule has 2 saturated heterocycles. The first-order valence-corrected chi connectivity index (χ1v) is 29.7. The summed E-state index contributed by atoms with van der Waals surface area (Å²) in [4.78, 5) is 75.3. The third kappa shape index (κ3) is 16.5. The van der Waals surface area contributed by atoms with E-state index in [-0.39, 0.29) is 117 Å². The molecule has 4 aromatic carbocycles. The van der Waals surface area contributed by atoms with E-state index in [1.165, 1.54) is 53.4 Å². The van der Waals surface area contributed by atoms with Gasteiger partial charge >= 0.3 is 0 Å². The van der Waals surface area contributed by atoms with Gasteiger partial charge in [0.25, 0.3) is 5.91 Å². The van der Waals surface area contributed by atoms with Crippen LogP contribution in [0, 0.1) is 40.7 Å². The molecule has 1 aromatic heterocycles. The number of β-amino-alcohol motifs (C(OH)–C–C–N with tert-alkyl or cyclic N) is 1. The molecule has 456 valence electrons. The molecule has 2 aliphatic rings. The van der Waals surface area contributed by atoms with Gasteiger partial charge in [0.15, 0.2) is 0 Å². The summed E-state index contributed by atoms with van der Waals surface area (Å²) < 4.78 is 55.0. The van der Waals surface area contributed by atoms with Crippen LogP contribution in [-0.2, 0) is 45.3 Å². The van der Waals surface area contributed by atoms with Crippen molar-refractivity contribution in [2.75, 3.05) is 64.7 Å². The van der Waals surface area contributed by atoms with Gasteiger partial charge in [-0.25, -0.2) is 13.8 Å².